The van der Waals surface area contributed by atoms with Crippen LogP contribution in [0.1, 0.15) is 46.0 Å². The number of rotatable bonds is 3. The van der Waals surface area contributed by atoms with Crippen molar-refractivity contribution in [2.75, 3.05) is 26.7 Å². The van der Waals surface area contributed by atoms with Crippen molar-refractivity contribution in [3.8, 4) is 0 Å². The molecule has 1 saturated heterocycles. The normalized spacial score (nSPS) is 33.2. The number of hydrogen-bond donors (Lipinski definition) is 1. The van der Waals surface area contributed by atoms with E-state index in [0.29, 0.717) is 12.1 Å². The standard InChI is InChI=1S/C15H28N2O2/c1-12-9-17(10-13(2)16(12)3)11-15(14(18)19)7-5-4-6-8-15/h12-13H,4-11H2,1-3H3,(H,18,19). The first-order valence-corrected chi connectivity index (χ1v) is 7.62. The Kier molecular flexibility index (Phi) is 4.51. The van der Waals surface area contributed by atoms with Gasteiger partial charge in [0.1, 0.15) is 0 Å². The second-order valence-corrected chi connectivity index (χ2v) is 6.70. The average molecular weight is 268 g/mol. The van der Waals surface area contributed by atoms with Crippen LogP contribution in [0.5, 0.6) is 0 Å². The fourth-order valence-corrected chi connectivity index (χ4v) is 3.74. The molecule has 1 saturated carbocycles. The van der Waals surface area contributed by atoms with E-state index in [1.54, 1.807) is 0 Å². The molecule has 0 bridgehead atoms. The first kappa shape index (κ1) is 14.8. The minimum atomic E-state index is -0.577. The Hall–Kier alpha value is -0.610. The van der Waals surface area contributed by atoms with Gasteiger partial charge in [0, 0.05) is 31.7 Å². The zero-order chi connectivity index (χ0) is 14.0. The van der Waals surface area contributed by atoms with Crippen LogP contribution in [0.3, 0.4) is 0 Å². The summed E-state index contributed by atoms with van der Waals surface area (Å²) in [4.78, 5) is 16.5. The molecule has 4 nitrogen and oxygen atoms in total. The predicted octanol–water partition coefficient (Wildman–Crippen LogP) is 2.05. The number of aliphatic carboxylic acids is 1. The molecule has 2 fully saturated rings. The summed E-state index contributed by atoms with van der Waals surface area (Å²) in [5, 5.41) is 9.67. The summed E-state index contributed by atoms with van der Waals surface area (Å²) < 4.78 is 0. The van der Waals surface area contributed by atoms with Gasteiger partial charge in [-0.1, -0.05) is 19.3 Å². The molecule has 0 aromatic rings. The maximum absolute atomic E-state index is 11.7. The largest absolute Gasteiger partial charge is 0.481 e. The van der Waals surface area contributed by atoms with Crippen LogP contribution in [0, 0.1) is 5.41 Å². The Labute approximate surface area is 116 Å². The van der Waals surface area contributed by atoms with Crippen molar-refractivity contribution in [3.63, 3.8) is 0 Å². The Morgan fingerprint density at radius 3 is 2.16 bits per heavy atom. The van der Waals surface area contributed by atoms with Gasteiger partial charge in [0.25, 0.3) is 0 Å². The summed E-state index contributed by atoms with van der Waals surface area (Å²) >= 11 is 0. The molecule has 2 unspecified atom stereocenters. The van der Waals surface area contributed by atoms with Crippen LogP contribution in [0.4, 0.5) is 0 Å². The highest BCUT2D eigenvalue weighted by Crippen LogP contribution is 2.38. The number of carbonyl (C=O) groups is 1. The van der Waals surface area contributed by atoms with Crippen LogP contribution in [0.2, 0.25) is 0 Å². The molecule has 1 aliphatic carbocycles. The maximum Gasteiger partial charge on any atom is 0.310 e. The molecule has 2 atom stereocenters. The van der Waals surface area contributed by atoms with E-state index < -0.39 is 11.4 Å². The van der Waals surface area contributed by atoms with E-state index in [1.807, 2.05) is 0 Å². The third-order valence-electron chi connectivity index (χ3n) is 5.23. The highest BCUT2D eigenvalue weighted by molar-refractivity contribution is 5.75. The molecule has 0 radical (unpaired) electrons. The van der Waals surface area contributed by atoms with Crippen molar-refractivity contribution in [2.45, 2.75) is 58.0 Å². The predicted molar refractivity (Wildman–Crippen MR) is 76.3 cm³/mol. The summed E-state index contributed by atoms with van der Waals surface area (Å²) in [6.07, 6.45) is 5.07. The molecule has 4 heteroatoms. The van der Waals surface area contributed by atoms with Crippen molar-refractivity contribution in [1.29, 1.82) is 0 Å². The lowest BCUT2D eigenvalue weighted by molar-refractivity contribution is -0.153. The second kappa shape index (κ2) is 5.80. The van der Waals surface area contributed by atoms with Crippen LogP contribution in [-0.4, -0.2) is 59.6 Å². The summed E-state index contributed by atoms with van der Waals surface area (Å²) in [6.45, 7) is 7.20. The Balaban J connectivity index is 2.03. The number of likely N-dealkylation sites (N-methyl/N-ethyl adjacent to an activating group) is 1. The van der Waals surface area contributed by atoms with Gasteiger partial charge in [-0.15, -0.1) is 0 Å². The van der Waals surface area contributed by atoms with E-state index >= 15 is 0 Å². The third kappa shape index (κ3) is 3.11. The SMILES string of the molecule is CC1CN(CC2(C(=O)O)CCCCC2)CC(C)N1C. The van der Waals surface area contributed by atoms with E-state index in [9.17, 15) is 9.90 Å². The lowest BCUT2D eigenvalue weighted by atomic mass is 9.73. The molecule has 19 heavy (non-hydrogen) atoms. The number of hydrogen-bond acceptors (Lipinski definition) is 3. The smallest absolute Gasteiger partial charge is 0.310 e. The van der Waals surface area contributed by atoms with Crippen molar-refractivity contribution < 1.29 is 9.90 Å². The molecule has 0 amide bonds. The molecule has 0 aromatic carbocycles. The molecule has 2 rings (SSSR count). The summed E-state index contributed by atoms with van der Waals surface area (Å²) in [5.74, 6) is -0.577. The minimum Gasteiger partial charge on any atom is -0.481 e. The lowest BCUT2D eigenvalue weighted by Crippen LogP contribution is -2.58. The van der Waals surface area contributed by atoms with Gasteiger partial charge in [0.15, 0.2) is 0 Å². The Morgan fingerprint density at radius 2 is 1.68 bits per heavy atom. The van der Waals surface area contributed by atoms with E-state index in [-0.39, 0.29) is 0 Å². The molecule has 0 aromatic heterocycles. The van der Waals surface area contributed by atoms with Gasteiger partial charge < -0.3 is 5.11 Å². The van der Waals surface area contributed by atoms with Gasteiger partial charge >= 0.3 is 5.97 Å². The molecular formula is C15H28N2O2. The Bertz CT molecular complexity index is 314. The average Bonchev–Trinajstić information content (AvgIpc) is 2.37. The van der Waals surface area contributed by atoms with Crippen LogP contribution < -0.4 is 0 Å². The monoisotopic (exact) mass is 268 g/mol. The molecule has 2 aliphatic rings. The minimum absolute atomic E-state index is 0.479. The highest BCUT2D eigenvalue weighted by Gasteiger charge is 2.42. The Morgan fingerprint density at radius 1 is 1.16 bits per heavy atom. The van der Waals surface area contributed by atoms with Gasteiger partial charge in [0.2, 0.25) is 0 Å². The second-order valence-electron chi connectivity index (χ2n) is 6.70. The number of piperazine rings is 1. The van der Waals surface area contributed by atoms with Gasteiger partial charge in [-0.2, -0.15) is 0 Å². The summed E-state index contributed by atoms with van der Waals surface area (Å²) in [6, 6.07) is 1.02. The number of nitrogens with zero attached hydrogens (tertiary/aromatic N) is 2. The summed E-state index contributed by atoms with van der Waals surface area (Å²) in [5.41, 5.74) is -0.479. The van der Waals surface area contributed by atoms with E-state index in [4.69, 9.17) is 0 Å². The molecule has 0 spiro atoms. The quantitative estimate of drug-likeness (QED) is 0.851. The maximum atomic E-state index is 11.7. The summed E-state index contributed by atoms with van der Waals surface area (Å²) in [7, 11) is 2.17. The van der Waals surface area contributed by atoms with E-state index in [1.165, 1.54) is 6.42 Å². The van der Waals surface area contributed by atoms with Gasteiger partial charge in [-0.05, 0) is 33.7 Å². The van der Waals surface area contributed by atoms with Crippen molar-refractivity contribution in [3.05, 3.63) is 0 Å². The highest BCUT2D eigenvalue weighted by atomic mass is 16.4. The first-order chi connectivity index (χ1) is 8.94. The molecule has 1 heterocycles. The number of carboxylic acid groups (broad SMARTS) is 1. The van der Waals surface area contributed by atoms with Crippen LogP contribution in [-0.2, 0) is 4.79 Å². The fraction of sp³-hybridized carbons (Fsp3) is 0.933. The van der Waals surface area contributed by atoms with E-state index in [0.717, 1.165) is 45.3 Å². The van der Waals surface area contributed by atoms with Crippen LogP contribution in [0.25, 0.3) is 0 Å². The van der Waals surface area contributed by atoms with Gasteiger partial charge in [-0.25, -0.2) is 0 Å². The van der Waals surface area contributed by atoms with Crippen molar-refractivity contribution in [1.82, 2.24) is 9.80 Å². The molecule has 1 aliphatic heterocycles. The number of carboxylic acids is 1. The van der Waals surface area contributed by atoms with Crippen LogP contribution in [0.15, 0.2) is 0 Å². The topological polar surface area (TPSA) is 43.8 Å². The zero-order valence-corrected chi connectivity index (χ0v) is 12.6. The first-order valence-electron chi connectivity index (χ1n) is 7.62. The molecule has 110 valence electrons. The van der Waals surface area contributed by atoms with E-state index in [2.05, 4.69) is 30.7 Å². The molecular weight excluding hydrogens is 240 g/mol. The van der Waals surface area contributed by atoms with Crippen molar-refractivity contribution in [2.24, 2.45) is 5.41 Å². The van der Waals surface area contributed by atoms with Gasteiger partial charge in [-0.3, -0.25) is 14.6 Å². The fourth-order valence-electron chi connectivity index (χ4n) is 3.74. The molecule has 1 N–H and O–H groups in total. The van der Waals surface area contributed by atoms with Crippen molar-refractivity contribution >= 4 is 5.97 Å². The third-order valence-corrected chi connectivity index (χ3v) is 5.23. The zero-order valence-electron chi connectivity index (χ0n) is 12.6. The van der Waals surface area contributed by atoms with Gasteiger partial charge in [0.05, 0.1) is 5.41 Å². The van der Waals surface area contributed by atoms with Crippen LogP contribution >= 0.6 is 0 Å². The lowest BCUT2D eigenvalue weighted by Gasteiger charge is -2.46.